The zero-order chi connectivity index (χ0) is 21.0. The van der Waals surface area contributed by atoms with Crippen molar-refractivity contribution in [2.24, 2.45) is 0 Å². The van der Waals surface area contributed by atoms with E-state index in [0.717, 1.165) is 61.7 Å². The minimum absolute atomic E-state index is 0.0955. The molecule has 0 atom stereocenters. The van der Waals surface area contributed by atoms with Crippen molar-refractivity contribution in [3.8, 4) is 0 Å². The highest BCUT2D eigenvalue weighted by Gasteiger charge is 2.17. The topological polar surface area (TPSA) is 80.6 Å². The van der Waals surface area contributed by atoms with Crippen LogP contribution >= 0.6 is 11.3 Å². The third-order valence-electron chi connectivity index (χ3n) is 5.18. The maximum Gasteiger partial charge on any atom is 0.308 e. The Hall–Kier alpha value is -2.04. The molecular formula is C21H25N3O4S2. The Morgan fingerprint density at radius 1 is 1.07 bits per heavy atom. The Labute approximate surface area is 179 Å². The fraction of sp³-hybridized carbons (Fsp3) is 0.381. The molecule has 9 heteroatoms. The third-order valence-corrected chi connectivity index (χ3v) is 7.58. The summed E-state index contributed by atoms with van der Waals surface area (Å²) < 4.78 is 35.7. The number of nitrogens with one attached hydrogen (secondary N) is 1. The van der Waals surface area contributed by atoms with Crippen LogP contribution in [0.15, 0.2) is 58.2 Å². The lowest BCUT2D eigenvalue weighted by molar-refractivity contribution is 0.0376. The Bertz CT molecular complexity index is 1150. The molecule has 1 saturated heterocycles. The van der Waals surface area contributed by atoms with Crippen LogP contribution in [0, 0.1) is 0 Å². The van der Waals surface area contributed by atoms with E-state index in [0.29, 0.717) is 17.8 Å². The van der Waals surface area contributed by atoms with Crippen molar-refractivity contribution in [2.75, 3.05) is 39.4 Å². The number of morpholine rings is 1. The predicted molar refractivity (Wildman–Crippen MR) is 119 cm³/mol. The number of sulfonamides is 1. The van der Waals surface area contributed by atoms with Crippen molar-refractivity contribution < 1.29 is 13.2 Å². The van der Waals surface area contributed by atoms with Crippen molar-refractivity contribution >= 4 is 31.6 Å². The highest BCUT2D eigenvalue weighted by molar-refractivity contribution is 7.89. The maximum atomic E-state index is 12.7. The highest BCUT2D eigenvalue weighted by Crippen LogP contribution is 2.22. The second kappa shape index (κ2) is 9.40. The monoisotopic (exact) mass is 447 g/mol. The van der Waals surface area contributed by atoms with Crippen LogP contribution in [0.1, 0.15) is 12.0 Å². The van der Waals surface area contributed by atoms with Gasteiger partial charge in [-0.15, -0.1) is 0 Å². The second-order valence-electron chi connectivity index (χ2n) is 7.27. The third kappa shape index (κ3) is 4.98. The van der Waals surface area contributed by atoms with Crippen molar-refractivity contribution in [2.45, 2.75) is 17.9 Å². The van der Waals surface area contributed by atoms with Gasteiger partial charge in [-0.1, -0.05) is 41.7 Å². The number of nitrogens with zero attached hydrogens (tertiary/aromatic N) is 2. The van der Waals surface area contributed by atoms with Gasteiger partial charge < -0.3 is 4.74 Å². The number of rotatable bonds is 8. The molecule has 1 fully saturated rings. The molecule has 0 unspecified atom stereocenters. The van der Waals surface area contributed by atoms with E-state index in [-0.39, 0.29) is 9.77 Å². The van der Waals surface area contributed by atoms with Gasteiger partial charge in [0.2, 0.25) is 10.0 Å². The Kier molecular flexibility index (Phi) is 6.64. The van der Waals surface area contributed by atoms with E-state index in [1.807, 2.05) is 30.3 Å². The molecule has 1 aliphatic rings. The largest absolute Gasteiger partial charge is 0.379 e. The van der Waals surface area contributed by atoms with E-state index in [1.165, 1.54) is 0 Å². The first-order valence-electron chi connectivity index (χ1n) is 10.00. The first kappa shape index (κ1) is 21.2. The Morgan fingerprint density at radius 3 is 2.60 bits per heavy atom. The number of hydrogen-bond acceptors (Lipinski definition) is 6. The summed E-state index contributed by atoms with van der Waals surface area (Å²) in [5.74, 6) is 0. The smallest absolute Gasteiger partial charge is 0.308 e. The highest BCUT2D eigenvalue weighted by atomic mass is 32.2. The van der Waals surface area contributed by atoms with Gasteiger partial charge in [-0.2, -0.15) is 0 Å². The fourth-order valence-electron chi connectivity index (χ4n) is 3.55. The molecule has 0 radical (unpaired) electrons. The van der Waals surface area contributed by atoms with Crippen LogP contribution in [0.4, 0.5) is 0 Å². The van der Waals surface area contributed by atoms with Crippen molar-refractivity contribution in [1.29, 1.82) is 0 Å². The van der Waals surface area contributed by atoms with Crippen LogP contribution in [-0.4, -0.2) is 57.3 Å². The molecule has 4 rings (SSSR count). The number of ether oxygens (including phenoxy) is 1. The summed E-state index contributed by atoms with van der Waals surface area (Å²) in [5, 5.41) is 0. The lowest BCUT2D eigenvalue weighted by Gasteiger charge is -2.26. The quantitative estimate of drug-likeness (QED) is 0.535. The van der Waals surface area contributed by atoms with Gasteiger partial charge in [0.05, 0.1) is 34.9 Å². The fourth-order valence-corrected chi connectivity index (χ4v) is 5.65. The molecule has 0 bridgehead atoms. The Balaban J connectivity index is 1.44. The van der Waals surface area contributed by atoms with Crippen molar-refractivity contribution in [1.82, 2.24) is 14.2 Å². The summed E-state index contributed by atoms with van der Waals surface area (Å²) in [6, 6.07) is 14.6. The van der Waals surface area contributed by atoms with E-state index < -0.39 is 10.0 Å². The van der Waals surface area contributed by atoms with Gasteiger partial charge in [-0.3, -0.25) is 14.3 Å². The normalized spacial score (nSPS) is 15.6. The molecule has 3 aromatic rings. The van der Waals surface area contributed by atoms with E-state index >= 15 is 0 Å². The van der Waals surface area contributed by atoms with E-state index in [1.54, 1.807) is 22.8 Å². The van der Waals surface area contributed by atoms with Crippen LogP contribution in [0.2, 0.25) is 0 Å². The van der Waals surface area contributed by atoms with Crippen LogP contribution < -0.4 is 9.60 Å². The number of thiazole rings is 1. The van der Waals surface area contributed by atoms with Crippen molar-refractivity contribution in [3.63, 3.8) is 0 Å². The first-order chi connectivity index (χ1) is 14.5. The number of benzene rings is 2. The summed E-state index contributed by atoms with van der Waals surface area (Å²) in [7, 11) is -3.62. The number of hydrogen-bond donors (Lipinski definition) is 1. The lowest BCUT2D eigenvalue weighted by Crippen LogP contribution is -2.38. The molecular weight excluding hydrogens is 422 g/mol. The van der Waals surface area contributed by atoms with Gasteiger partial charge in [0, 0.05) is 19.6 Å². The van der Waals surface area contributed by atoms with Gasteiger partial charge in [-0.05, 0) is 36.7 Å². The molecule has 160 valence electrons. The summed E-state index contributed by atoms with van der Waals surface area (Å²) in [6.45, 7) is 4.94. The average molecular weight is 448 g/mol. The number of fused-ring (bicyclic) bond motifs is 1. The zero-order valence-corrected chi connectivity index (χ0v) is 18.3. The summed E-state index contributed by atoms with van der Waals surface area (Å²) in [4.78, 5) is 14.8. The predicted octanol–water partition coefficient (Wildman–Crippen LogP) is 2.11. The molecule has 1 N–H and O–H groups in total. The second-order valence-corrected chi connectivity index (χ2v) is 10.0. The molecule has 0 amide bonds. The average Bonchev–Trinajstić information content (AvgIpc) is 3.07. The lowest BCUT2D eigenvalue weighted by atomic mass is 10.2. The van der Waals surface area contributed by atoms with Crippen molar-refractivity contribution in [3.05, 3.63) is 63.8 Å². The molecule has 0 aliphatic carbocycles. The van der Waals surface area contributed by atoms with E-state index in [2.05, 4.69) is 9.62 Å². The van der Waals surface area contributed by atoms with Crippen LogP contribution in [0.25, 0.3) is 10.2 Å². The maximum absolute atomic E-state index is 12.7. The first-order valence-corrected chi connectivity index (χ1v) is 12.3. The van der Waals surface area contributed by atoms with E-state index in [9.17, 15) is 13.2 Å². The molecule has 1 aliphatic heterocycles. The minimum atomic E-state index is -3.62. The molecule has 30 heavy (non-hydrogen) atoms. The summed E-state index contributed by atoms with van der Waals surface area (Å²) >= 11 is 1.07. The van der Waals surface area contributed by atoms with Gasteiger partial charge in [0.1, 0.15) is 0 Å². The molecule has 1 aromatic heterocycles. The molecule has 7 nitrogen and oxygen atoms in total. The van der Waals surface area contributed by atoms with Gasteiger partial charge in [-0.25, -0.2) is 13.1 Å². The minimum Gasteiger partial charge on any atom is -0.379 e. The van der Waals surface area contributed by atoms with E-state index in [4.69, 9.17) is 4.74 Å². The van der Waals surface area contributed by atoms with Gasteiger partial charge in [0.25, 0.3) is 0 Å². The Morgan fingerprint density at radius 2 is 1.83 bits per heavy atom. The SMILES string of the molecule is O=c1sc2cc(S(=O)(=O)NCCCN3CCOCC3)ccc2n1Cc1ccccc1. The molecule has 2 heterocycles. The molecule has 2 aromatic carbocycles. The van der Waals surface area contributed by atoms with Crippen LogP contribution in [0.5, 0.6) is 0 Å². The van der Waals surface area contributed by atoms with Crippen LogP contribution in [-0.2, 0) is 21.3 Å². The molecule has 0 spiro atoms. The summed E-state index contributed by atoms with van der Waals surface area (Å²) in [5.41, 5.74) is 1.78. The van der Waals surface area contributed by atoms with Crippen LogP contribution in [0.3, 0.4) is 0 Å². The van der Waals surface area contributed by atoms with Gasteiger partial charge in [0.15, 0.2) is 0 Å². The summed E-state index contributed by atoms with van der Waals surface area (Å²) in [6.07, 6.45) is 0.738. The zero-order valence-electron chi connectivity index (χ0n) is 16.6. The molecule has 0 saturated carbocycles. The standard InChI is InChI=1S/C21H25N3O4S2/c25-21-24(16-17-5-2-1-3-6-17)19-8-7-18(15-20(19)29-21)30(26,27)22-9-4-10-23-11-13-28-14-12-23/h1-3,5-8,15,22H,4,9-14,16H2. The van der Waals surface area contributed by atoms with Gasteiger partial charge >= 0.3 is 4.87 Å². The number of aromatic nitrogens is 1.